The summed E-state index contributed by atoms with van der Waals surface area (Å²) in [7, 11) is -3.40. The number of amides is 1. The predicted octanol–water partition coefficient (Wildman–Crippen LogP) is 6.73. The molecule has 0 atom stereocenters. The number of nitrogens with one attached hydrogen (secondary N) is 1. The van der Waals surface area contributed by atoms with Crippen LogP contribution in [0.25, 0.3) is 11.1 Å². The normalized spacial score (nSPS) is 11.8. The van der Waals surface area contributed by atoms with E-state index in [0.29, 0.717) is 27.0 Å². The smallest absolute Gasteiger partial charge is 0.221 e. The highest BCUT2D eigenvalue weighted by Crippen LogP contribution is 2.36. The first-order chi connectivity index (χ1) is 15.4. The molecule has 0 unspecified atom stereocenters. The van der Waals surface area contributed by atoms with Crippen LogP contribution >= 0.6 is 23.2 Å². The van der Waals surface area contributed by atoms with E-state index < -0.39 is 15.4 Å². The fourth-order valence-corrected chi connectivity index (χ4v) is 4.99. The molecule has 0 saturated carbocycles. The lowest BCUT2D eigenvalue weighted by Crippen LogP contribution is -2.25. The van der Waals surface area contributed by atoms with Gasteiger partial charge in [-0.15, -0.1) is 0 Å². The predicted molar refractivity (Wildman–Crippen MR) is 134 cm³/mol. The molecule has 0 saturated heterocycles. The Bertz CT molecular complexity index is 1290. The summed E-state index contributed by atoms with van der Waals surface area (Å²) in [5.41, 5.74) is 1.94. The molecule has 0 aromatic heterocycles. The summed E-state index contributed by atoms with van der Waals surface area (Å²) in [6.45, 7) is 6.81. The molecule has 33 heavy (non-hydrogen) atoms. The number of hydrogen-bond donors (Lipinski definition) is 1. The summed E-state index contributed by atoms with van der Waals surface area (Å²) in [5.74, 6) is 0.346. The summed E-state index contributed by atoms with van der Waals surface area (Å²) in [6.07, 6.45) is 0. The van der Waals surface area contributed by atoms with E-state index in [2.05, 4.69) is 5.32 Å². The lowest BCUT2D eigenvalue weighted by Gasteiger charge is -2.28. The quantitative estimate of drug-likeness (QED) is 0.386. The molecule has 3 rings (SSSR count). The van der Waals surface area contributed by atoms with Crippen LogP contribution in [0.4, 0.5) is 5.69 Å². The maximum Gasteiger partial charge on any atom is 0.221 e. The SMILES string of the molecule is CCS(=O)(=O)c1ccc(NC(C)=O)c(-c2ccc(OC(C)(C)c3ccc(Cl)cc3Cl)cc2)c1. The van der Waals surface area contributed by atoms with Crippen LogP contribution in [0.15, 0.2) is 65.6 Å². The van der Waals surface area contributed by atoms with Crippen molar-refractivity contribution in [3.63, 3.8) is 0 Å². The molecule has 8 heteroatoms. The van der Waals surface area contributed by atoms with Crippen LogP contribution in [0.3, 0.4) is 0 Å². The second-order valence-corrected chi connectivity index (χ2v) is 11.2. The van der Waals surface area contributed by atoms with E-state index in [4.69, 9.17) is 27.9 Å². The van der Waals surface area contributed by atoms with Gasteiger partial charge < -0.3 is 10.1 Å². The minimum absolute atomic E-state index is 0.0129. The number of hydrogen-bond acceptors (Lipinski definition) is 4. The molecule has 5 nitrogen and oxygen atoms in total. The summed E-state index contributed by atoms with van der Waals surface area (Å²) < 4.78 is 31.0. The van der Waals surface area contributed by atoms with Gasteiger partial charge in [-0.25, -0.2) is 8.42 Å². The van der Waals surface area contributed by atoms with Crippen molar-refractivity contribution in [1.29, 1.82) is 0 Å². The monoisotopic (exact) mass is 505 g/mol. The Kier molecular flexibility index (Phi) is 7.42. The second-order valence-electron chi connectivity index (χ2n) is 8.05. The zero-order valence-corrected chi connectivity index (χ0v) is 21.1. The Hall–Kier alpha value is -2.54. The van der Waals surface area contributed by atoms with Crippen molar-refractivity contribution in [1.82, 2.24) is 0 Å². The summed E-state index contributed by atoms with van der Waals surface area (Å²) in [4.78, 5) is 11.9. The third-order valence-electron chi connectivity index (χ3n) is 5.16. The van der Waals surface area contributed by atoms with Crippen LogP contribution in [0.1, 0.15) is 33.3 Å². The van der Waals surface area contributed by atoms with Gasteiger partial charge in [0, 0.05) is 33.8 Å². The van der Waals surface area contributed by atoms with Gasteiger partial charge >= 0.3 is 0 Å². The van der Waals surface area contributed by atoms with Gasteiger partial charge in [0.1, 0.15) is 11.4 Å². The largest absolute Gasteiger partial charge is 0.483 e. The Morgan fingerprint density at radius 1 is 1.00 bits per heavy atom. The second kappa shape index (κ2) is 9.75. The fourth-order valence-electron chi connectivity index (χ4n) is 3.45. The standard InChI is InChI=1S/C25H25Cl2NO4S/c1-5-33(30,31)20-11-13-24(28-16(2)29)21(15-20)17-6-9-19(10-7-17)32-25(3,4)22-12-8-18(26)14-23(22)27/h6-15H,5H2,1-4H3,(H,28,29). The number of anilines is 1. The van der Waals surface area contributed by atoms with Crippen LogP contribution in [0.5, 0.6) is 5.75 Å². The molecule has 0 radical (unpaired) electrons. The topological polar surface area (TPSA) is 72.5 Å². The first kappa shape index (κ1) is 25.1. The highest BCUT2D eigenvalue weighted by molar-refractivity contribution is 7.91. The maximum atomic E-state index is 12.4. The molecular formula is C25H25Cl2NO4S. The average Bonchev–Trinajstić information content (AvgIpc) is 2.73. The maximum absolute atomic E-state index is 12.4. The molecule has 0 spiro atoms. The molecule has 1 N–H and O–H groups in total. The molecule has 174 valence electrons. The number of halogens is 2. The van der Waals surface area contributed by atoms with E-state index in [-0.39, 0.29) is 16.6 Å². The first-order valence-electron chi connectivity index (χ1n) is 10.3. The molecule has 0 bridgehead atoms. The van der Waals surface area contributed by atoms with Crippen molar-refractivity contribution in [2.24, 2.45) is 0 Å². The molecular weight excluding hydrogens is 481 g/mol. The van der Waals surface area contributed by atoms with Crippen molar-refractivity contribution in [2.75, 3.05) is 11.1 Å². The molecule has 3 aromatic carbocycles. The fraction of sp³-hybridized carbons (Fsp3) is 0.240. The Labute approximate surface area is 204 Å². The van der Waals surface area contributed by atoms with Gasteiger partial charge in [-0.05, 0) is 61.9 Å². The molecule has 0 heterocycles. The number of carbonyl (C=O) groups excluding carboxylic acids is 1. The van der Waals surface area contributed by atoms with E-state index in [9.17, 15) is 13.2 Å². The van der Waals surface area contributed by atoms with Crippen molar-refractivity contribution in [3.05, 3.63) is 76.3 Å². The van der Waals surface area contributed by atoms with E-state index in [0.717, 1.165) is 11.1 Å². The van der Waals surface area contributed by atoms with E-state index in [1.165, 1.54) is 13.0 Å². The zero-order valence-electron chi connectivity index (χ0n) is 18.8. The summed E-state index contributed by atoms with van der Waals surface area (Å²) in [5, 5.41) is 3.82. The van der Waals surface area contributed by atoms with E-state index in [1.807, 2.05) is 32.0 Å². The first-order valence-corrected chi connectivity index (χ1v) is 12.7. The molecule has 0 aliphatic rings. The number of sulfone groups is 1. The molecule has 0 aliphatic carbocycles. The number of rotatable bonds is 7. The minimum atomic E-state index is -3.40. The van der Waals surface area contributed by atoms with Gasteiger partial charge in [0.25, 0.3) is 0 Å². The van der Waals surface area contributed by atoms with E-state index >= 15 is 0 Å². The number of carbonyl (C=O) groups is 1. The van der Waals surface area contributed by atoms with Crippen LogP contribution in [-0.4, -0.2) is 20.1 Å². The van der Waals surface area contributed by atoms with Crippen molar-refractivity contribution in [3.8, 4) is 16.9 Å². The van der Waals surface area contributed by atoms with Crippen LogP contribution in [0, 0.1) is 0 Å². The molecule has 3 aromatic rings. The minimum Gasteiger partial charge on any atom is -0.483 e. The van der Waals surface area contributed by atoms with E-state index in [1.54, 1.807) is 43.3 Å². The number of benzene rings is 3. The van der Waals surface area contributed by atoms with Gasteiger partial charge in [0.05, 0.1) is 10.6 Å². The Morgan fingerprint density at radius 2 is 1.67 bits per heavy atom. The van der Waals surface area contributed by atoms with Crippen molar-refractivity contribution >= 4 is 44.6 Å². The highest BCUT2D eigenvalue weighted by Gasteiger charge is 2.26. The van der Waals surface area contributed by atoms with Crippen LogP contribution in [0.2, 0.25) is 10.0 Å². The lowest BCUT2D eigenvalue weighted by molar-refractivity contribution is -0.114. The van der Waals surface area contributed by atoms with Gasteiger partial charge in [-0.2, -0.15) is 0 Å². The van der Waals surface area contributed by atoms with Crippen molar-refractivity contribution < 1.29 is 17.9 Å². The van der Waals surface area contributed by atoms with Gasteiger partial charge in [0.2, 0.25) is 5.91 Å². The van der Waals surface area contributed by atoms with Crippen LogP contribution < -0.4 is 10.1 Å². The third-order valence-corrected chi connectivity index (χ3v) is 7.44. The van der Waals surface area contributed by atoms with Gasteiger partial charge in [-0.1, -0.05) is 48.3 Å². The molecule has 0 aliphatic heterocycles. The average molecular weight is 506 g/mol. The number of ether oxygens (including phenoxy) is 1. The molecule has 1 amide bonds. The Morgan fingerprint density at radius 3 is 2.24 bits per heavy atom. The summed E-state index contributed by atoms with van der Waals surface area (Å²) >= 11 is 12.4. The van der Waals surface area contributed by atoms with Crippen LogP contribution in [-0.2, 0) is 20.2 Å². The highest BCUT2D eigenvalue weighted by atomic mass is 35.5. The van der Waals surface area contributed by atoms with Crippen molar-refractivity contribution in [2.45, 2.75) is 38.2 Å². The lowest BCUT2D eigenvalue weighted by atomic mass is 9.97. The third kappa shape index (κ3) is 5.88. The zero-order chi connectivity index (χ0) is 24.4. The summed E-state index contributed by atoms with van der Waals surface area (Å²) in [6, 6.07) is 17.2. The Balaban J connectivity index is 1.96. The van der Waals surface area contributed by atoms with Gasteiger partial charge in [0.15, 0.2) is 9.84 Å². The molecule has 0 fully saturated rings. The van der Waals surface area contributed by atoms with Gasteiger partial charge in [-0.3, -0.25) is 4.79 Å².